The van der Waals surface area contributed by atoms with E-state index >= 15 is 0 Å². The molecule has 3 aromatic heterocycles. The standard InChI is InChI=1S/C19H14ClF2N3O4/c1-9-6-23-13(19(27)28)5-15(9)25-10(2)3-16(17(20)18(25)26)29-8-14-12(22)4-11(21)7-24-14/h3-7H,8H2,1-2H3,(H,27,28)/p-1/i8D2. The number of carbonyl (C=O) groups excluding carboxylic acids is 1. The Morgan fingerprint density at radius 2 is 2.00 bits per heavy atom. The monoisotopic (exact) mass is 422 g/mol. The van der Waals surface area contributed by atoms with Gasteiger partial charge in [-0.3, -0.25) is 19.3 Å². The van der Waals surface area contributed by atoms with Crippen molar-refractivity contribution in [1.82, 2.24) is 14.5 Å². The van der Waals surface area contributed by atoms with Gasteiger partial charge in [0.1, 0.15) is 28.8 Å². The molecule has 0 aliphatic heterocycles. The molecule has 7 nitrogen and oxygen atoms in total. The molecule has 0 bridgehead atoms. The van der Waals surface area contributed by atoms with E-state index in [4.69, 9.17) is 19.1 Å². The molecule has 0 aliphatic rings. The number of carbonyl (C=O) groups is 1. The first-order valence-electron chi connectivity index (χ1n) is 9.03. The third-order valence-electron chi connectivity index (χ3n) is 3.89. The van der Waals surface area contributed by atoms with Crippen molar-refractivity contribution in [2.24, 2.45) is 0 Å². The van der Waals surface area contributed by atoms with Crippen LogP contribution in [0.5, 0.6) is 5.75 Å². The van der Waals surface area contributed by atoms with Crippen LogP contribution in [0.3, 0.4) is 0 Å². The summed E-state index contributed by atoms with van der Waals surface area (Å²) >= 11 is 6.09. The van der Waals surface area contributed by atoms with E-state index in [9.17, 15) is 23.5 Å². The molecule has 0 atom stereocenters. The van der Waals surface area contributed by atoms with Crippen molar-refractivity contribution in [3.8, 4) is 11.4 Å². The Hall–Kier alpha value is -3.33. The van der Waals surface area contributed by atoms with Crippen LogP contribution in [-0.2, 0) is 6.56 Å². The van der Waals surface area contributed by atoms with Gasteiger partial charge in [-0.1, -0.05) is 11.6 Å². The number of halogens is 3. The largest absolute Gasteiger partial charge is 0.543 e. The van der Waals surface area contributed by atoms with Crippen LogP contribution in [0, 0.1) is 25.5 Å². The van der Waals surface area contributed by atoms with E-state index in [1.54, 1.807) is 6.92 Å². The smallest absolute Gasteiger partial charge is 0.277 e. The number of pyridine rings is 3. The van der Waals surface area contributed by atoms with Gasteiger partial charge in [0, 0.05) is 24.0 Å². The molecule has 0 saturated carbocycles. The molecule has 0 spiro atoms. The highest BCUT2D eigenvalue weighted by atomic mass is 35.5. The lowest BCUT2D eigenvalue weighted by Crippen LogP contribution is -2.26. The molecule has 0 amide bonds. The molecule has 29 heavy (non-hydrogen) atoms. The van der Waals surface area contributed by atoms with E-state index in [1.807, 2.05) is 0 Å². The zero-order chi connectivity index (χ0) is 23.1. The number of carboxylic acids is 1. The van der Waals surface area contributed by atoms with Crippen molar-refractivity contribution in [3.63, 3.8) is 0 Å². The van der Waals surface area contributed by atoms with Gasteiger partial charge < -0.3 is 14.6 Å². The highest BCUT2D eigenvalue weighted by molar-refractivity contribution is 6.31. The maximum Gasteiger partial charge on any atom is 0.277 e. The number of aromatic carboxylic acids is 1. The first kappa shape index (κ1) is 17.7. The predicted molar refractivity (Wildman–Crippen MR) is 97.1 cm³/mol. The van der Waals surface area contributed by atoms with Crippen molar-refractivity contribution in [3.05, 3.63) is 80.2 Å². The lowest BCUT2D eigenvalue weighted by atomic mass is 10.2. The average Bonchev–Trinajstić information content (AvgIpc) is 2.66. The fourth-order valence-corrected chi connectivity index (χ4v) is 2.69. The molecule has 0 aromatic carbocycles. The van der Waals surface area contributed by atoms with Gasteiger partial charge in [-0.2, -0.15) is 0 Å². The van der Waals surface area contributed by atoms with E-state index < -0.39 is 51.9 Å². The second-order valence-corrected chi connectivity index (χ2v) is 6.31. The summed E-state index contributed by atoms with van der Waals surface area (Å²) in [5.74, 6) is -4.24. The van der Waals surface area contributed by atoms with E-state index in [-0.39, 0.29) is 11.4 Å². The molecule has 0 radical (unpaired) electrons. The van der Waals surface area contributed by atoms with Crippen LogP contribution in [0.15, 0.2) is 35.4 Å². The van der Waals surface area contributed by atoms with Gasteiger partial charge in [-0.25, -0.2) is 8.78 Å². The molecule has 0 aliphatic carbocycles. The van der Waals surface area contributed by atoms with Gasteiger partial charge in [-0.05, 0) is 25.5 Å². The number of carboxylic acid groups (broad SMARTS) is 1. The van der Waals surface area contributed by atoms with Crippen molar-refractivity contribution in [2.45, 2.75) is 20.4 Å². The minimum atomic E-state index is -2.89. The van der Waals surface area contributed by atoms with Crippen LogP contribution >= 0.6 is 11.6 Å². The number of rotatable bonds is 5. The second-order valence-electron chi connectivity index (χ2n) is 5.94. The van der Waals surface area contributed by atoms with Gasteiger partial charge >= 0.3 is 0 Å². The lowest BCUT2D eigenvalue weighted by molar-refractivity contribution is -0.255. The molecule has 3 rings (SSSR count). The van der Waals surface area contributed by atoms with Gasteiger partial charge in [0.2, 0.25) is 0 Å². The van der Waals surface area contributed by atoms with Crippen molar-refractivity contribution < 1.29 is 26.2 Å². The average molecular weight is 423 g/mol. The van der Waals surface area contributed by atoms with Crippen molar-refractivity contribution >= 4 is 17.6 Å². The zero-order valence-electron chi connectivity index (χ0n) is 17.0. The summed E-state index contributed by atoms with van der Waals surface area (Å²) in [4.78, 5) is 31.1. The first-order valence-corrected chi connectivity index (χ1v) is 8.41. The summed E-state index contributed by atoms with van der Waals surface area (Å²) in [5, 5.41) is 10.6. The van der Waals surface area contributed by atoms with E-state index in [1.165, 1.54) is 19.2 Å². The van der Waals surface area contributed by atoms with Gasteiger partial charge in [0.25, 0.3) is 5.56 Å². The highest BCUT2D eigenvalue weighted by Gasteiger charge is 2.17. The quantitative estimate of drug-likeness (QED) is 0.624. The summed E-state index contributed by atoms with van der Waals surface area (Å²) in [6.07, 6.45) is 1.86. The lowest BCUT2D eigenvalue weighted by Gasteiger charge is -2.17. The number of aryl methyl sites for hydroxylation is 2. The Labute approximate surface area is 171 Å². The Morgan fingerprint density at radius 1 is 1.28 bits per heavy atom. The van der Waals surface area contributed by atoms with Crippen LogP contribution < -0.4 is 15.4 Å². The molecule has 0 N–H and O–H groups in total. The summed E-state index contributed by atoms with van der Waals surface area (Å²) < 4.78 is 49.2. The summed E-state index contributed by atoms with van der Waals surface area (Å²) in [7, 11) is 0. The maximum atomic E-state index is 14.0. The van der Waals surface area contributed by atoms with Crippen LogP contribution in [-0.4, -0.2) is 20.5 Å². The molecule has 0 unspecified atom stereocenters. The summed E-state index contributed by atoms with van der Waals surface area (Å²) in [6, 6.07) is 2.78. The topological polar surface area (TPSA) is 97.1 Å². The summed E-state index contributed by atoms with van der Waals surface area (Å²) in [6.45, 7) is 0.170. The van der Waals surface area contributed by atoms with Crippen LogP contribution in [0.2, 0.25) is 5.02 Å². The third kappa shape index (κ3) is 4.09. The number of aromatic nitrogens is 3. The Balaban J connectivity index is 2.10. The second kappa shape index (κ2) is 7.96. The number of hydrogen-bond acceptors (Lipinski definition) is 6. The van der Waals surface area contributed by atoms with Gasteiger partial charge in [-0.15, -0.1) is 0 Å². The Morgan fingerprint density at radius 3 is 2.66 bits per heavy atom. The number of ether oxygens (including phenoxy) is 1. The van der Waals surface area contributed by atoms with Crippen molar-refractivity contribution in [1.29, 1.82) is 0 Å². The molecule has 0 saturated heterocycles. The molecule has 3 heterocycles. The fourth-order valence-electron chi connectivity index (χ4n) is 2.51. The predicted octanol–water partition coefficient (Wildman–Crippen LogP) is 2.12. The third-order valence-corrected chi connectivity index (χ3v) is 4.24. The fraction of sp³-hybridized carbons (Fsp3) is 0.158. The van der Waals surface area contributed by atoms with E-state index in [0.717, 1.165) is 10.6 Å². The van der Waals surface area contributed by atoms with E-state index in [2.05, 4.69) is 9.97 Å². The highest BCUT2D eigenvalue weighted by Crippen LogP contribution is 2.25. The van der Waals surface area contributed by atoms with Crippen LogP contribution in [0.1, 0.15) is 30.2 Å². The number of hydrogen-bond donors (Lipinski definition) is 0. The SMILES string of the molecule is [2H]C([2H])(Oc1cc(C)n(-c2cc(C(=O)[O-])ncc2C)c(=O)c1Cl)c1ncc(F)cc1F. The van der Waals surface area contributed by atoms with Gasteiger partial charge in [0.05, 0.1) is 26.3 Å². The van der Waals surface area contributed by atoms with E-state index in [0.29, 0.717) is 17.8 Å². The Kier molecular flexibility index (Phi) is 4.87. The number of nitrogens with zero attached hydrogens (tertiary/aromatic N) is 3. The molecule has 3 aromatic rings. The molecule has 150 valence electrons. The first-order chi connectivity index (χ1) is 14.4. The minimum Gasteiger partial charge on any atom is -0.543 e. The van der Waals surface area contributed by atoms with Crippen molar-refractivity contribution in [2.75, 3.05) is 0 Å². The molecular formula is C19H13ClF2N3O4-. The molecule has 0 fully saturated rings. The Bertz CT molecular complexity index is 1270. The zero-order valence-corrected chi connectivity index (χ0v) is 15.8. The molecular weight excluding hydrogens is 408 g/mol. The van der Waals surface area contributed by atoms with Crippen LogP contribution in [0.4, 0.5) is 8.78 Å². The van der Waals surface area contributed by atoms with Crippen LogP contribution in [0.25, 0.3) is 5.69 Å². The van der Waals surface area contributed by atoms with Gasteiger partial charge in [0.15, 0.2) is 5.82 Å². The minimum absolute atomic E-state index is 0.166. The maximum absolute atomic E-state index is 14.0. The molecule has 10 heteroatoms. The normalized spacial score (nSPS) is 12.3. The summed E-state index contributed by atoms with van der Waals surface area (Å²) in [5.41, 5.74) is -1.27.